The SMILES string of the molecule is O=C(O)CCCOc1ccccc1-c1ccc(C(F)(F)F)cc1CN(Cc1cc(C(F)(F)F)cc(C(F)(F)F)c1)c1ncc(N2CCOCC2)cn1. The van der Waals surface area contributed by atoms with E-state index in [4.69, 9.17) is 14.6 Å². The van der Waals surface area contributed by atoms with Crippen LogP contribution in [0.2, 0.25) is 0 Å². The molecule has 3 aromatic carbocycles. The zero-order chi connectivity index (χ0) is 37.7. The molecule has 1 N–H and O–H groups in total. The van der Waals surface area contributed by atoms with E-state index in [2.05, 4.69) is 9.97 Å². The Morgan fingerprint density at radius 1 is 0.788 bits per heavy atom. The first-order chi connectivity index (χ1) is 24.5. The molecule has 0 radical (unpaired) electrons. The molecule has 8 nitrogen and oxygen atoms in total. The molecule has 0 spiro atoms. The van der Waals surface area contributed by atoms with Gasteiger partial charge in [0, 0.05) is 38.2 Å². The topological polar surface area (TPSA) is 88.0 Å². The van der Waals surface area contributed by atoms with Crippen LogP contribution >= 0.6 is 0 Å². The van der Waals surface area contributed by atoms with Gasteiger partial charge in [0.1, 0.15) is 5.75 Å². The first kappa shape index (κ1) is 38.2. The Morgan fingerprint density at radius 3 is 2.00 bits per heavy atom. The van der Waals surface area contributed by atoms with Crippen molar-refractivity contribution in [3.05, 3.63) is 101 Å². The van der Waals surface area contributed by atoms with Gasteiger partial charge < -0.3 is 24.4 Å². The monoisotopic (exact) mass is 742 g/mol. The van der Waals surface area contributed by atoms with Gasteiger partial charge in [0.05, 0.1) is 54.6 Å². The van der Waals surface area contributed by atoms with Crippen molar-refractivity contribution < 1.29 is 58.9 Å². The second kappa shape index (κ2) is 15.7. The minimum Gasteiger partial charge on any atom is -0.493 e. The van der Waals surface area contributed by atoms with Crippen molar-refractivity contribution >= 4 is 17.6 Å². The number of ether oxygens (including phenoxy) is 2. The number of benzene rings is 3. The molecule has 1 saturated heterocycles. The molecule has 2 heterocycles. The van der Waals surface area contributed by atoms with E-state index in [0.29, 0.717) is 49.7 Å². The highest BCUT2D eigenvalue weighted by atomic mass is 19.4. The van der Waals surface area contributed by atoms with Crippen LogP contribution < -0.4 is 14.5 Å². The van der Waals surface area contributed by atoms with Crippen LogP contribution in [-0.2, 0) is 41.1 Å². The van der Waals surface area contributed by atoms with E-state index in [1.54, 1.807) is 18.2 Å². The van der Waals surface area contributed by atoms with Crippen LogP contribution in [0.15, 0.2) is 73.1 Å². The zero-order valence-corrected chi connectivity index (χ0v) is 27.2. The molecule has 0 aliphatic carbocycles. The van der Waals surface area contributed by atoms with Crippen molar-refractivity contribution in [2.75, 3.05) is 42.7 Å². The summed E-state index contributed by atoms with van der Waals surface area (Å²) in [6, 6.07) is 10.2. The average molecular weight is 743 g/mol. The molecule has 278 valence electrons. The number of rotatable bonds is 12. The Bertz CT molecular complexity index is 1810. The summed E-state index contributed by atoms with van der Waals surface area (Å²) in [5, 5.41) is 8.97. The van der Waals surface area contributed by atoms with Crippen LogP contribution in [0.1, 0.15) is 40.7 Å². The summed E-state index contributed by atoms with van der Waals surface area (Å²) in [4.78, 5) is 22.7. The fourth-order valence-corrected chi connectivity index (χ4v) is 5.58. The molecule has 0 atom stereocenters. The number of carboxylic acids is 1. The van der Waals surface area contributed by atoms with E-state index in [-0.39, 0.29) is 48.3 Å². The largest absolute Gasteiger partial charge is 0.493 e. The summed E-state index contributed by atoms with van der Waals surface area (Å²) >= 11 is 0. The lowest BCUT2D eigenvalue weighted by atomic mass is 9.95. The lowest BCUT2D eigenvalue weighted by Gasteiger charge is -2.29. The molecule has 0 amide bonds. The van der Waals surface area contributed by atoms with Crippen molar-refractivity contribution in [2.45, 2.75) is 44.5 Å². The first-order valence-corrected chi connectivity index (χ1v) is 15.8. The molecule has 0 saturated carbocycles. The summed E-state index contributed by atoms with van der Waals surface area (Å²) in [7, 11) is 0. The van der Waals surface area contributed by atoms with Crippen molar-refractivity contribution in [3.63, 3.8) is 0 Å². The van der Waals surface area contributed by atoms with E-state index >= 15 is 0 Å². The molecule has 1 fully saturated rings. The van der Waals surface area contributed by atoms with Gasteiger partial charge >= 0.3 is 24.5 Å². The van der Waals surface area contributed by atoms with Gasteiger partial charge in [-0.05, 0) is 59.5 Å². The Morgan fingerprint density at radius 2 is 1.40 bits per heavy atom. The summed E-state index contributed by atoms with van der Waals surface area (Å²) in [5.74, 6) is -1.02. The number of alkyl halides is 9. The Balaban J connectivity index is 1.61. The van der Waals surface area contributed by atoms with E-state index in [1.807, 2.05) is 4.90 Å². The maximum absolute atomic E-state index is 14.1. The molecule has 1 aliphatic heterocycles. The van der Waals surface area contributed by atoms with Gasteiger partial charge in [0.15, 0.2) is 0 Å². The van der Waals surface area contributed by atoms with Gasteiger partial charge in [0.25, 0.3) is 0 Å². The lowest BCUT2D eigenvalue weighted by molar-refractivity contribution is -0.143. The number of carboxylic acid groups (broad SMARTS) is 1. The van der Waals surface area contributed by atoms with Crippen molar-refractivity contribution in [1.82, 2.24) is 9.97 Å². The Labute approximate surface area is 291 Å². The lowest BCUT2D eigenvalue weighted by Crippen LogP contribution is -2.36. The van der Waals surface area contributed by atoms with Gasteiger partial charge in [-0.3, -0.25) is 4.79 Å². The number of aliphatic carboxylic acids is 1. The molecule has 1 aliphatic rings. The quantitative estimate of drug-likeness (QED) is 0.114. The number of anilines is 2. The summed E-state index contributed by atoms with van der Waals surface area (Å²) < 4.78 is 136. The zero-order valence-electron chi connectivity index (χ0n) is 27.2. The van der Waals surface area contributed by atoms with E-state index in [9.17, 15) is 44.3 Å². The van der Waals surface area contributed by atoms with Crippen molar-refractivity contribution in [3.8, 4) is 16.9 Å². The van der Waals surface area contributed by atoms with Gasteiger partial charge in [-0.1, -0.05) is 24.3 Å². The number of aromatic nitrogens is 2. The molecule has 5 rings (SSSR count). The number of para-hydroxylation sites is 1. The third kappa shape index (κ3) is 9.83. The van der Waals surface area contributed by atoms with Gasteiger partial charge in [-0.25, -0.2) is 9.97 Å². The minimum atomic E-state index is -5.14. The van der Waals surface area contributed by atoms with Gasteiger partial charge in [0.2, 0.25) is 5.95 Å². The van der Waals surface area contributed by atoms with E-state index in [0.717, 1.165) is 12.1 Å². The Kier molecular flexibility index (Phi) is 11.5. The van der Waals surface area contributed by atoms with Crippen LogP contribution in [0.3, 0.4) is 0 Å². The first-order valence-electron chi connectivity index (χ1n) is 15.8. The minimum absolute atomic E-state index is 0.0141. The van der Waals surface area contributed by atoms with Gasteiger partial charge in [-0.15, -0.1) is 0 Å². The highest BCUT2D eigenvalue weighted by molar-refractivity contribution is 5.74. The van der Waals surface area contributed by atoms with E-state index < -0.39 is 59.8 Å². The molecule has 17 heteroatoms. The maximum Gasteiger partial charge on any atom is 0.416 e. The molecule has 0 bridgehead atoms. The smallest absolute Gasteiger partial charge is 0.416 e. The number of hydrogen-bond donors (Lipinski definition) is 1. The molecule has 4 aromatic rings. The van der Waals surface area contributed by atoms with Gasteiger partial charge in [-0.2, -0.15) is 39.5 Å². The van der Waals surface area contributed by atoms with Crippen molar-refractivity contribution in [2.24, 2.45) is 0 Å². The number of halogens is 9. The normalized spacial score (nSPS) is 14.0. The second-order valence-electron chi connectivity index (χ2n) is 11.8. The summed E-state index contributed by atoms with van der Waals surface area (Å²) in [5.41, 5.74) is -3.59. The molecule has 1 aromatic heterocycles. The van der Waals surface area contributed by atoms with Crippen LogP contribution in [0, 0.1) is 0 Å². The number of hydrogen-bond acceptors (Lipinski definition) is 7. The standard InChI is InChI=1S/C35H31F9N4O4/c36-33(37,38)24-7-8-28(29-4-1-2-5-30(29)52-11-3-6-31(49)50)23(16-24)21-48(32-45-18-27(19-46-32)47-9-12-51-13-10-47)20-22-14-25(34(39,40)41)17-26(15-22)35(42,43)44/h1-2,4-5,7-8,14-19H,3,6,9-13,20-21H2,(H,49,50). The molecular formula is C35H31F9N4O4. The number of carbonyl (C=O) groups is 1. The third-order valence-corrected chi connectivity index (χ3v) is 8.07. The average Bonchev–Trinajstić information content (AvgIpc) is 3.09. The van der Waals surface area contributed by atoms with E-state index in [1.165, 1.54) is 29.4 Å². The highest BCUT2D eigenvalue weighted by Crippen LogP contribution is 2.39. The van der Waals surface area contributed by atoms with Crippen LogP contribution in [0.4, 0.5) is 51.1 Å². The fourth-order valence-electron chi connectivity index (χ4n) is 5.58. The number of morpholine rings is 1. The number of nitrogens with zero attached hydrogens (tertiary/aromatic N) is 4. The van der Waals surface area contributed by atoms with Crippen LogP contribution in [0.25, 0.3) is 11.1 Å². The van der Waals surface area contributed by atoms with Crippen LogP contribution in [-0.4, -0.2) is 54.0 Å². The fraction of sp³-hybridized carbons (Fsp3) is 0.343. The second-order valence-corrected chi connectivity index (χ2v) is 11.8. The molecular weight excluding hydrogens is 711 g/mol. The molecule has 0 unspecified atom stereocenters. The van der Waals surface area contributed by atoms with Crippen molar-refractivity contribution in [1.29, 1.82) is 0 Å². The maximum atomic E-state index is 14.1. The predicted octanol–water partition coefficient (Wildman–Crippen LogP) is 8.49. The van der Waals surface area contributed by atoms with Crippen LogP contribution in [0.5, 0.6) is 5.75 Å². The molecule has 52 heavy (non-hydrogen) atoms. The Hall–Kier alpha value is -5.06. The summed E-state index contributed by atoms with van der Waals surface area (Å²) in [6.45, 7) is 0.659. The summed E-state index contributed by atoms with van der Waals surface area (Å²) in [6.07, 6.45) is -12.4. The third-order valence-electron chi connectivity index (χ3n) is 8.07. The predicted molar refractivity (Wildman–Crippen MR) is 171 cm³/mol. The highest BCUT2D eigenvalue weighted by Gasteiger charge is 2.37.